The van der Waals surface area contributed by atoms with Crippen molar-refractivity contribution in [2.75, 3.05) is 27.9 Å². The van der Waals surface area contributed by atoms with E-state index in [1.807, 2.05) is 24.3 Å². The molecule has 0 unspecified atom stereocenters. The van der Waals surface area contributed by atoms with Crippen LogP contribution in [0.5, 0.6) is 5.75 Å². The Balaban J connectivity index is 2.68. The number of alkyl carbamates (subject to hydrolysis) is 1. The topological polar surface area (TPSA) is 56.8 Å². The fourth-order valence-electron chi connectivity index (χ4n) is 1.43. The lowest BCUT2D eigenvalue weighted by molar-refractivity contribution is 0.0980. The van der Waals surface area contributed by atoms with Crippen molar-refractivity contribution in [1.29, 1.82) is 0 Å². The van der Waals surface area contributed by atoms with Crippen LogP contribution in [-0.4, -0.2) is 34.0 Å². The highest BCUT2D eigenvalue weighted by atomic mass is 16.5. The van der Waals surface area contributed by atoms with E-state index in [-0.39, 0.29) is 6.10 Å². The molecule has 0 heterocycles. The van der Waals surface area contributed by atoms with Gasteiger partial charge in [-0.3, -0.25) is 0 Å². The highest BCUT2D eigenvalue weighted by Gasteiger charge is 2.12. The molecule has 0 spiro atoms. The fourth-order valence-corrected chi connectivity index (χ4v) is 1.43. The number of rotatable bonds is 5. The zero-order valence-corrected chi connectivity index (χ0v) is 10.2. The lowest BCUT2D eigenvalue weighted by Gasteiger charge is -2.16. The number of nitrogens with one attached hydrogen (secondary N) is 1. The summed E-state index contributed by atoms with van der Waals surface area (Å²) in [4.78, 5) is 11.0. The van der Waals surface area contributed by atoms with Gasteiger partial charge < -0.3 is 19.5 Å². The van der Waals surface area contributed by atoms with Crippen LogP contribution in [0, 0.1) is 0 Å². The Kier molecular flexibility index (Phi) is 5.29. The van der Waals surface area contributed by atoms with E-state index in [9.17, 15) is 4.79 Å². The van der Waals surface area contributed by atoms with E-state index in [2.05, 4.69) is 10.1 Å². The van der Waals surface area contributed by atoms with Gasteiger partial charge in [-0.25, -0.2) is 4.79 Å². The highest BCUT2D eigenvalue weighted by molar-refractivity contribution is 5.66. The number of carbonyl (C=O) groups excluding carboxylic acids is 1. The maximum absolute atomic E-state index is 11.0. The van der Waals surface area contributed by atoms with Crippen molar-refractivity contribution >= 4 is 6.09 Å². The monoisotopic (exact) mass is 239 g/mol. The Hall–Kier alpha value is -1.75. The molecule has 0 aliphatic heterocycles. The van der Waals surface area contributed by atoms with Crippen molar-refractivity contribution < 1.29 is 19.0 Å². The van der Waals surface area contributed by atoms with Gasteiger partial charge in [0.2, 0.25) is 0 Å². The lowest BCUT2D eigenvalue weighted by Crippen LogP contribution is -2.28. The second-order valence-corrected chi connectivity index (χ2v) is 3.37. The quantitative estimate of drug-likeness (QED) is 0.850. The molecule has 0 aliphatic carbocycles. The number of methoxy groups -OCH3 is 3. The summed E-state index contributed by atoms with van der Waals surface area (Å²) in [5, 5.41) is 2.59. The van der Waals surface area contributed by atoms with Gasteiger partial charge in [-0.15, -0.1) is 0 Å². The molecule has 1 rings (SSSR count). The van der Waals surface area contributed by atoms with Crippen molar-refractivity contribution in [3.05, 3.63) is 29.8 Å². The smallest absolute Gasteiger partial charge is 0.406 e. The van der Waals surface area contributed by atoms with E-state index in [0.717, 1.165) is 11.3 Å². The Morgan fingerprint density at radius 1 is 1.35 bits per heavy atom. The summed E-state index contributed by atoms with van der Waals surface area (Å²) in [6.07, 6.45) is -0.709. The summed E-state index contributed by atoms with van der Waals surface area (Å²) in [5.74, 6) is 0.752. The van der Waals surface area contributed by atoms with Crippen LogP contribution in [-0.2, 0) is 9.47 Å². The van der Waals surface area contributed by atoms with Gasteiger partial charge in [-0.1, -0.05) is 12.1 Å². The summed E-state index contributed by atoms with van der Waals surface area (Å²) in [5.41, 5.74) is 0.934. The predicted molar refractivity (Wildman–Crippen MR) is 63.2 cm³/mol. The molecular weight excluding hydrogens is 222 g/mol. The van der Waals surface area contributed by atoms with Crippen molar-refractivity contribution in [2.24, 2.45) is 0 Å². The minimum atomic E-state index is -0.477. The van der Waals surface area contributed by atoms with Gasteiger partial charge in [0, 0.05) is 7.11 Å². The van der Waals surface area contributed by atoms with Gasteiger partial charge in [0.25, 0.3) is 0 Å². The molecule has 94 valence electrons. The third-order valence-electron chi connectivity index (χ3n) is 2.37. The molecule has 1 aromatic carbocycles. The summed E-state index contributed by atoms with van der Waals surface area (Å²) in [6, 6.07) is 7.51. The van der Waals surface area contributed by atoms with Crippen LogP contribution < -0.4 is 10.1 Å². The Bertz CT molecular complexity index is 367. The van der Waals surface area contributed by atoms with Crippen LogP contribution in [0.3, 0.4) is 0 Å². The zero-order chi connectivity index (χ0) is 12.7. The van der Waals surface area contributed by atoms with E-state index in [4.69, 9.17) is 9.47 Å². The Labute approximate surface area is 101 Å². The van der Waals surface area contributed by atoms with Gasteiger partial charge in [0.1, 0.15) is 5.75 Å². The Morgan fingerprint density at radius 3 is 2.71 bits per heavy atom. The average molecular weight is 239 g/mol. The standard InChI is InChI=1S/C12H17NO4/c1-15-10-6-4-5-9(7-10)11(16-2)8-13-12(14)17-3/h4-7,11H,8H2,1-3H3,(H,13,14)/t11-/m0/s1. The van der Waals surface area contributed by atoms with Gasteiger partial charge in [-0.05, 0) is 17.7 Å². The van der Waals surface area contributed by atoms with Crippen molar-refractivity contribution in [3.63, 3.8) is 0 Å². The third-order valence-corrected chi connectivity index (χ3v) is 2.37. The van der Waals surface area contributed by atoms with Crippen LogP contribution >= 0.6 is 0 Å². The molecule has 0 aromatic heterocycles. The van der Waals surface area contributed by atoms with Gasteiger partial charge in [0.05, 0.1) is 26.9 Å². The molecule has 0 aliphatic rings. The van der Waals surface area contributed by atoms with Gasteiger partial charge in [-0.2, -0.15) is 0 Å². The second-order valence-electron chi connectivity index (χ2n) is 3.37. The van der Waals surface area contributed by atoms with E-state index in [0.29, 0.717) is 6.54 Å². The molecule has 0 fully saturated rings. The largest absolute Gasteiger partial charge is 0.497 e. The third kappa shape index (κ3) is 3.96. The summed E-state index contributed by atoms with van der Waals surface area (Å²) < 4.78 is 14.9. The number of hydrogen-bond donors (Lipinski definition) is 1. The SMILES string of the molecule is COC(=O)NC[C@H](OC)c1cccc(OC)c1. The molecule has 17 heavy (non-hydrogen) atoms. The second kappa shape index (κ2) is 6.75. The number of carbonyl (C=O) groups is 1. The van der Waals surface area contributed by atoms with Crippen LogP contribution in [0.25, 0.3) is 0 Å². The number of amides is 1. The van der Waals surface area contributed by atoms with E-state index >= 15 is 0 Å². The molecule has 0 saturated heterocycles. The summed E-state index contributed by atoms with van der Waals surface area (Å²) in [7, 11) is 4.51. The number of benzene rings is 1. The van der Waals surface area contributed by atoms with Crippen LogP contribution in [0.2, 0.25) is 0 Å². The van der Waals surface area contributed by atoms with Crippen LogP contribution in [0.4, 0.5) is 4.79 Å². The van der Waals surface area contributed by atoms with Crippen LogP contribution in [0.15, 0.2) is 24.3 Å². The minimum Gasteiger partial charge on any atom is -0.497 e. The minimum absolute atomic E-state index is 0.232. The van der Waals surface area contributed by atoms with Crippen molar-refractivity contribution in [3.8, 4) is 5.75 Å². The Morgan fingerprint density at radius 2 is 2.12 bits per heavy atom. The van der Waals surface area contributed by atoms with Crippen LogP contribution in [0.1, 0.15) is 11.7 Å². The first-order chi connectivity index (χ1) is 8.21. The van der Waals surface area contributed by atoms with Crippen molar-refractivity contribution in [2.45, 2.75) is 6.10 Å². The highest BCUT2D eigenvalue weighted by Crippen LogP contribution is 2.20. The van der Waals surface area contributed by atoms with Gasteiger partial charge in [0.15, 0.2) is 0 Å². The molecule has 1 amide bonds. The molecule has 1 N–H and O–H groups in total. The summed E-state index contributed by atoms with van der Waals surface area (Å²) >= 11 is 0. The normalized spacial score (nSPS) is 11.7. The molecule has 0 saturated carbocycles. The maximum Gasteiger partial charge on any atom is 0.406 e. The molecule has 5 heteroatoms. The predicted octanol–water partition coefficient (Wildman–Crippen LogP) is 1.74. The average Bonchev–Trinajstić information content (AvgIpc) is 2.39. The molecule has 0 bridgehead atoms. The number of hydrogen-bond acceptors (Lipinski definition) is 4. The first-order valence-electron chi connectivity index (χ1n) is 5.19. The van der Waals surface area contributed by atoms with E-state index in [1.165, 1.54) is 7.11 Å². The fraction of sp³-hybridized carbons (Fsp3) is 0.417. The first kappa shape index (κ1) is 13.3. The van der Waals surface area contributed by atoms with Gasteiger partial charge >= 0.3 is 6.09 Å². The molecule has 5 nitrogen and oxygen atoms in total. The molecule has 0 radical (unpaired) electrons. The summed E-state index contributed by atoms with van der Waals surface area (Å²) in [6.45, 7) is 0.344. The first-order valence-corrected chi connectivity index (χ1v) is 5.19. The zero-order valence-electron chi connectivity index (χ0n) is 10.2. The van der Waals surface area contributed by atoms with E-state index in [1.54, 1.807) is 14.2 Å². The maximum atomic E-state index is 11.0. The van der Waals surface area contributed by atoms with Crippen molar-refractivity contribution in [1.82, 2.24) is 5.32 Å². The lowest BCUT2D eigenvalue weighted by atomic mass is 10.1. The molecule has 1 aromatic rings. The van der Waals surface area contributed by atoms with E-state index < -0.39 is 6.09 Å². The number of ether oxygens (including phenoxy) is 3. The molecule has 1 atom stereocenters. The molecular formula is C12H17NO4.